The van der Waals surface area contributed by atoms with Crippen LogP contribution >= 0.6 is 11.6 Å². The molecule has 4 nitrogen and oxygen atoms in total. The van der Waals surface area contributed by atoms with Gasteiger partial charge in [-0.2, -0.15) is 0 Å². The number of ether oxygens (including phenoxy) is 1. The number of aliphatic carboxylic acids is 1. The SMILES string of the molecule is O=C(O)[C@@H]1C[C@@H](Oc2ccccc2Cl)CN1. The minimum atomic E-state index is -0.842. The Morgan fingerprint density at radius 2 is 2.25 bits per heavy atom. The topological polar surface area (TPSA) is 58.6 Å². The van der Waals surface area contributed by atoms with Gasteiger partial charge in [-0.05, 0) is 12.1 Å². The summed E-state index contributed by atoms with van der Waals surface area (Å²) >= 11 is 5.94. The maximum absolute atomic E-state index is 10.7. The van der Waals surface area contributed by atoms with Gasteiger partial charge < -0.3 is 15.2 Å². The fourth-order valence-electron chi connectivity index (χ4n) is 1.70. The van der Waals surface area contributed by atoms with Crippen molar-refractivity contribution < 1.29 is 14.6 Å². The molecule has 0 unspecified atom stereocenters. The van der Waals surface area contributed by atoms with Gasteiger partial charge in [-0.25, -0.2) is 0 Å². The number of hydrogen-bond acceptors (Lipinski definition) is 3. The summed E-state index contributed by atoms with van der Waals surface area (Å²) in [5.41, 5.74) is 0. The molecule has 1 aliphatic rings. The van der Waals surface area contributed by atoms with Crippen molar-refractivity contribution in [2.45, 2.75) is 18.6 Å². The van der Waals surface area contributed by atoms with E-state index in [4.69, 9.17) is 21.4 Å². The molecule has 2 atom stereocenters. The van der Waals surface area contributed by atoms with Crippen LogP contribution in [0.3, 0.4) is 0 Å². The van der Waals surface area contributed by atoms with Gasteiger partial charge >= 0.3 is 5.97 Å². The van der Waals surface area contributed by atoms with Crippen LogP contribution in [0.5, 0.6) is 5.75 Å². The van der Waals surface area contributed by atoms with Crippen LogP contribution in [0.4, 0.5) is 0 Å². The van der Waals surface area contributed by atoms with Gasteiger partial charge in [0.2, 0.25) is 0 Å². The van der Waals surface area contributed by atoms with Crippen molar-refractivity contribution >= 4 is 17.6 Å². The number of carbonyl (C=O) groups is 1. The van der Waals surface area contributed by atoms with Crippen LogP contribution in [-0.2, 0) is 4.79 Å². The first-order chi connectivity index (χ1) is 7.66. The molecule has 2 rings (SSSR count). The van der Waals surface area contributed by atoms with Crippen molar-refractivity contribution in [2.24, 2.45) is 0 Å². The number of rotatable bonds is 3. The Morgan fingerprint density at radius 1 is 1.50 bits per heavy atom. The highest BCUT2D eigenvalue weighted by atomic mass is 35.5. The predicted octanol–water partition coefficient (Wildman–Crippen LogP) is 1.53. The summed E-state index contributed by atoms with van der Waals surface area (Å²) in [6.45, 7) is 0.530. The Balaban J connectivity index is 1.97. The standard InChI is InChI=1S/C11H12ClNO3/c12-8-3-1-2-4-10(8)16-7-5-9(11(14)15)13-6-7/h1-4,7,9,13H,5-6H2,(H,14,15)/t7-,9+/m1/s1. The van der Waals surface area contributed by atoms with Crippen LogP contribution in [0, 0.1) is 0 Å². The third-order valence-corrected chi connectivity index (χ3v) is 2.83. The lowest BCUT2D eigenvalue weighted by molar-refractivity contribution is -0.139. The zero-order chi connectivity index (χ0) is 11.5. The van der Waals surface area contributed by atoms with Crippen molar-refractivity contribution in [1.82, 2.24) is 5.32 Å². The quantitative estimate of drug-likeness (QED) is 0.843. The van der Waals surface area contributed by atoms with Gasteiger partial charge in [0.15, 0.2) is 0 Å². The van der Waals surface area contributed by atoms with E-state index in [0.29, 0.717) is 23.7 Å². The molecule has 0 saturated carbocycles. The van der Waals surface area contributed by atoms with E-state index in [-0.39, 0.29) is 6.10 Å². The van der Waals surface area contributed by atoms with Crippen LogP contribution in [0.2, 0.25) is 5.02 Å². The third-order valence-electron chi connectivity index (χ3n) is 2.52. The first-order valence-corrected chi connectivity index (χ1v) is 5.42. The maximum atomic E-state index is 10.7. The third kappa shape index (κ3) is 2.46. The fourth-order valence-corrected chi connectivity index (χ4v) is 1.88. The fraction of sp³-hybridized carbons (Fsp3) is 0.364. The van der Waals surface area contributed by atoms with E-state index in [2.05, 4.69) is 5.32 Å². The number of benzene rings is 1. The van der Waals surface area contributed by atoms with Gasteiger partial charge in [0, 0.05) is 13.0 Å². The summed E-state index contributed by atoms with van der Waals surface area (Å²) in [4.78, 5) is 10.7. The minimum Gasteiger partial charge on any atom is -0.487 e. The monoisotopic (exact) mass is 241 g/mol. The van der Waals surface area contributed by atoms with Crippen molar-refractivity contribution in [3.63, 3.8) is 0 Å². The molecular formula is C11H12ClNO3. The number of nitrogens with one attached hydrogen (secondary N) is 1. The molecule has 1 heterocycles. The highest BCUT2D eigenvalue weighted by Gasteiger charge is 2.30. The number of hydrogen-bond donors (Lipinski definition) is 2. The number of para-hydroxylation sites is 1. The predicted molar refractivity (Wildman–Crippen MR) is 59.9 cm³/mol. The molecule has 1 aromatic carbocycles. The summed E-state index contributed by atoms with van der Waals surface area (Å²) in [6, 6.07) is 6.65. The molecule has 1 aliphatic heterocycles. The Bertz CT molecular complexity index is 397. The van der Waals surface area contributed by atoms with Crippen molar-refractivity contribution in [3.05, 3.63) is 29.3 Å². The lowest BCUT2D eigenvalue weighted by Crippen LogP contribution is -2.30. The van der Waals surface area contributed by atoms with Gasteiger partial charge in [0.05, 0.1) is 5.02 Å². The Labute approximate surface area is 98.2 Å². The van der Waals surface area contributed by atoms with E-state index in [9.17, 15) is 4.79 Å². The lowest BCUT2D eigenvalue weighted by atomic mass is 10.2. The zero-order valence-electron chi connectivity index (χ0n) is 8.52. The van der Waals surface area contributed by atoms with E-state index >= 15 is 0 Å². The number of carboxylic acid groups (broad SMARTS) is 1. The molecule has 86 valence electrons. The van der Waals surface area contributed by atoms with Crippen LogP contribution in [0.25, 0.3) is 0 Å². The van der Waals surface area contributed by atoms with Crippen LogP contribution in [0.15, 0.2) is 24.3 Å². The largest absolute Gasteiger partial charge is 0.487 e. The van der Waals surface area contributed by atoms with E-state index in [1.165, 1.54) is 0 Å². The smallest absolute Gasteiger partial charge is 0.320 e. The Hall–Kier alpha value is -1.26. The molecule has 2 N–H and O–H groups in total. The summed E-state index contributed by atoms with van der Waals surface area (Å²) in [5.74, 6) is -0.243. The van der Waals surface area contributed by atoms with Gasteiger partial charge in [-0.1, -0.05) is 23.7 Å². The molecular weight excluding hydrogens is 230 g/mol. The molecule has 0 spiro atoms. The van der Waals surface area contributed by atoms with Crippen molar-refractivity contribution in [2.75, 3.05) is 6.54 Å². The van der Waals surface area contributed by atoms with Crippen molar-refractivity contribution in [1.29, 1.82) is 0 Å². The average Bonchev–Trinajstić information content (AvgIpc) is 2.70. The first-order valence-electron chi connectivity index (χ1n) is 5.04. The molecule has 1 aromatic rings. The molecule has 1 fully saturated rings. The van der Waals surface area contributed by atoms with Crippen LogP contribution in [-0.4, -0.2) is 29.8 Å². The second-order valence-corrected chi connectivity index (χ2v) is 4.11. The van der Waals surface area contributed by atoms with Gasteiger partial charge in [-0.3, -0.25) is 4.79 Å². The Morgan fingerprint density at radius 3 is 2.88 bits per heavy atom. The second-order valence-electron chi connectivity index (χ2n) is 3.71. The van der Waals surface area contributed by atoms with Gasteiger partial charge in [-0.15, -0.1) is 0 Å². The van der Waals surface area contributed by atoms with E-state index < -0.39 is 12.0 Å². The molecule has 1 saturated heterocycles. The minimum absolute atomic E-state index is 0.138. The molecule has 16 heavy (non-hydrogen) atoms. The highest BCUT2D eigenvalue weighted by molar-refractivity contribution is 6.32. The molecule has 0 aliphatic carbocycles. The molecule has 5 heteroatoms. The summed E-state index contributed by atoms with van der Waals surface area (Å²) in [6.07, 6.45) is 0.321. The maximum Gasteiger partial charge on any atom is 0.320 e. The van der Waals surface area contributed by atoms with E-state index in [0.717, 1.165) is 0 Å². The zero-order valence-corrected chi connectivity index (χ0v) is 9.28. The normalized spacial score (nSPS) is 24.3. The lowest BCUT2D eigenvalue weighted by Gasteiger charge is -2.13. The first kappa shape index (κ1) is 11.2. The summed E-state index contributed by atoms with van der Waals surface area (Å²) in [7, 11) is 0. The summed E-state index contributed by atoms with van der Waals surface area (Å²) in [5, 5.41) is 12.2. The average molecular weight is 242 g/mol. The van der Waals surface area contributed by atoms with Crippen LogP contribution in [0.1, 0.15) is 6.42 Å². The Kier molecular flexibility index (Phi) is 3.31. The summed E-state index contributed by atoms with van der Waals surface area (Å²) < 4.78 is 5.63. The van der Waals surface area contributed by atoms with E-state index in [1.807, 2.05) is 12.1 Å². The number of halogens is 1. The van der Waals surface area contributed by atoms with Crippen LogP contribution < -0.4 is 10.1 Å². The van der Waals surface area contributed by atoms with Crippen molar-refractivity contribution in [3.8, 4) is 5.75 Å². The van der Waals surface area contributed by atoms with E-state index in [1.54, 1.807) is 12.1 Å². The van der Waals surface area contributed by atoms with Gasteiger partial charge in [0.1, 0.15) is 17.9 Å². The molecule has 0 bridgehead atoms. The number of carboxylic acids is 1. The highest BCUT2D eigenvalue weighted by Crippen LogP contribution is 2.26. The van der Waals surface area contributed by atoms with Gasteiger partial charge in [0.25, 0.3) is 0 Å². The molecule has 0 radical (unpaired) electrons. The molecule has 0 aromatic heterocycles. The second kappa shape index (κ2) is 4.72. The molecule has 0 amide bonds.